The molecular formula is C61H108N8O24. The number of ether oxygens (including phenoxy) is 6. The van der Waals surface area contributed by atoms with Crippen molar-refractivity contribution in [1.29, 1.82) is 0 Å². The molecule has 3 rings (SSSR count). The van der Waals surface area contributed by atoms with Crippen LogP contribution < -0.4 is 42.9 Å². The number of carbonyl (C=O) groups excluding carboxylic acids is 9. The van der Waals surface area contributed by atoms with Gasteiger partial charge in [-0.25, -0.2) is 0 Å². The van der Waals surface area contributed by atoms with Gasteiger partial charge in [-0.3, -0.25) is 43.2 Å². The van der Waals surface area contributed by atoms with Gasteiger partial charge in [-0.05, 0) is 83.5 Å². The van der Waals surface area contributed by atoms with Crippen molar-refractivity contribution in [2.24, 2.45) is 11.6 Å². The van der Waals surface area contributed by atoms with Gasteiger partial charge in [-0.2, -0.15) is 0 Å². The first-order valence-corrected chi connectivity index (χ1v) is 32.8. The van der Waals surface area contributed by atoms with Crippen LogP contribution in [-0.4, -0.2) is 256 Å². The number of ketones is 1. The summed E-state index contributed by atoms with van der Waals surface area (Å²) < 4.78 is 41.1. The second-order valence-electron chi connectivity index (χ2n) is 24.0. The van der Waals surface area contributed by atoms with Gasteiger partial charge < -0.3 is 117 Å². The number of hydrogen-bond acceptors (Lipinski definition) is 24. The topological polar surface area (TPSA) is 501 Å². The van der Waals surface area contributed by atoms with E-state index in [1.54, 1.807) is 0 Å². The first-order valence-electron chi connectivity index (χ1n) is 33.3. The van der Waals surface area contributed by atoms with Gasteiger partial charge in [-0.15, -0.1) is 0 Å². The van der Waals surface area contributed by atoms with Gasteiger partial charge in [0, 0.05) is 98.2 Å². The smallest absolute Gasteiger partial charge is 0.223 e. The van der Waals surface area contributed by atoms with Crippen LogP contribution in [0.2, 0.25) is 1.41 Å². The molecule has 0 aliphatic carbocycles. The summed E-state index contributed by atoms with van der Waals surface area (Å²) in [4.78, 5) is 114. The van der Waals surface area contributed by atoms with Crippen LogP contribution >= 0.6 is 0 Å². The molecule has 32 heteroatoms. The normalized spacial score (nSPS) is 26.9. The van der Waals surface area contributed by atoms with E-state index in [-0.39, 0.29) is 102 Å². The van der Waals surface area contributed by atoms with E-state index in [0.29, 0.717) is 103 Å². The lowest BCUT2D eigenvalue weighted by atomic mass is 9.91. The Bertz CT molecular complexity index is 2270. The summed E-state index contributed by atoms with van der Waals surface area (Å²) in [5.74, 6) is -4.36. The Morgan fingerprint density at radius 2 is 0.796 bits per heavy atom. The number of carbonyl (C=O) groups is 9. The molecule has 0 aromatic carbocycles. The molecule has 17 unspecified atom stereocenters. The maximum Gasteiger partial charge on any atom is 0.223 e. The lowest BCUT2D eigenvalue weighted by Gasteiger charge is -2.42. The molecule has 3 saturated heterocycles. The largest absolute Gasteiger partial charge is 0.394 e. The third-order valence-electron chi connectivity index (χ3n) is 16.2. The molecule has 0 saturated carbocycles. The molecule has 3 aliphatic heterocycles. The van der Waals surface area contributed by atoms with Crippen molar-refractivity contribution < 1.29 is 119 Å². The first kappa shape index (κ1) is 80.3. The SMILES string of the molecule is [3H]NC(=O)CCCCCNC(=O)C(CCCCNC(=O)CCCCCOC1OC(CO)C(O)C(O)C1NC(C)=O)CC(=O)C(CCCCNC(=O)CCCCCOC1OC(CO)C(O)C(O)C1NC(C)=O)NC(=O)CCCCCOC1OC(CO)C(O)C(O)C1NC(C)=O. The fourth-order valence-electron chi connectivity index (χ4n) is 11.0. The van der Waals surface area contributed by atoms with Crippen molar-refractivity contribution >= 4 is 53.0 Å². The monoisotopic (exact) mass is 1340 g/mol. The van der Waals surface area contributed by atoms with E-state index in [2.05, 4.69) is 37.2 Å². The Labute approximate surface area is 545 Å². The van der Waals surface area contributed by atoms with Crippen LogP contribution in [0.25, 0.3) is 0 Å². The molecule has 3 fully saturated rings. The lowest BCUT2D eigenvalue weighted by molar-refractivity contribution is -0.270. The van der Waals surface area contributed by atoms with Crippen molar-refractivity contribution in [2.75, 3.05) is 59.3 Å². The second kappa shape index (κ2) is 46.1. The number of hydrogen-bond donors (Lipinski definition) is 17. The Balaban J connectivity index is 1.58. The van der Waals surface area contributed by atoms with Crippen LogP contribution in [0, 0.1) is 5.92 Å². The van der Waals surface area contributed by atoms with Crippen LogP contribution in [0.3, 0.4) is 0 Å². The molecule has 0 aromatic rings. The molecule has 3 aliphatic rings. The van der Waals surface area contributed by atoms with Gasteiger partial charge in [-0.1, -0.05) is 32.1 Å². The average molecular weight is 1340 g/mol. The van der Waals surface area contributed by atoms with E-state index in [9.17, 15) is 89.1 Å². The second-order valence-corrected chi connectivity index (χ2v) is 24.0. The molecule has 536 valence electrons. The third-order valence-corrected chi connectivity index (χ3v) is 16.2. The van der Waals surface area contributed by atoms with Crippen molar-refractivity contribution in [3.63, 3.8) is 0 Å². The van der Waals surface area contributed by atoms with E-state index in [1.807, 2.05) is 5.73 Å². The fraction of sp³-hybridized carbons (Fsp3) is 0.852. The van der Waals surface area contributed by atoms with E-state index in [1.165, 1.54) is 20.8 Å². The zero-order valence-electron chi connectivity index (χ0n) is 55.1. The number of rotatable bonds is 48. The van der Waals surface area contributed by atoms with Crippen molar-refractivity contribution in [3.8, 4) is 0 Å². The number of nitrogens with two attached hydrogens (primary N) is 1. The van der Waals surface area contributed by atoms with Gasteiger partial charge >= 0.3 is 0 Å². The summed E-state index contributed by atoms with van der Waals surface area (Å²) in [5, 5.41) is 110. The predicted molar refractivity (Wildman–Crippen MR) is 329 cm³/mol. The summed E-state index contributed by atoms with van der Waals surface area (Å²) in [5.41, 5.74) is 1.83. The standard InChI is InChI=1S/C61H108N8O24/c1-36(73)66-49-55(84)52(81)42(33-70)91-59(49)88-29-17-5-9-23-46(78)63-26-15-12-20-39(58(87)65-28-14-4-8-22-45(62)77)32-41(76)40(69-48(80)25-11-7-19-31-90-61-51(68-38(3)75)57(86)54(83)44(35-72)93-61)21-13-16-27-64-47(79)24-10-6-18-30-89-60-50(67-37(2)74)56(85)53(82)43(34-71)92-60/h39-40,42-44,49-57,59-61,70-72,81-86H,4-35H2,1-3H3,(H2,62,77)(H,63,78)(H,64,79)(H,65,87)(H,66,73)(H,67,74)(H,68,75)(H,69,80)/i/hT. The molecule has 3 heterocycles. The van der Waals surface area contributed by atoms with Crippen LogP contribution in [-0.2, 0) is 71.6 Å². The minimum absolute atomic E-state index is 0.0107. The van der Waals surface area contributed by atoms with Crippen LogP contribution in [0.15, 0.2) is 0 Å². The summed E-state index contributed by atoms with van der Waals surface area (Å²) in [6, 6.07) is -4.28. The zero-order chi connectivity index (χ0) is 69.5. The summed E-state index contributed by atoms with van der Waals surface area (Å²) in [7, 11) is 0. The first-order chi connectivity index (χ1) is 45.0. The molecule has 0 spiro atoms. The molecule has 0 bridgehead atoms. The van der Waals surface area contributed by atoms with Gasteiger partial charge in [0.25, 0.3) is 0 Å². The number of Topliss-reactive ketones (excluding diaryl/α,β-unsaturated/α-hetero) is 1. The quantitative estimate of drug-likeness (QED) is 0.0261. The highest BCUT2D eigenvalue weighted by atomic mass is 16.7. The number of aliphatic hydroxyl groups excluding tert-OH is 9. The molecule has 17 atom stereocenters. The highest BCUT2D eigenvalue weighted by Gasteiger charge is 2.48. The number of aliphatic hydroxyl groups is 9. The summed E-state index contributed by atoms with van der Waals surface area (Å²) in [6.45, 7) is 3.04. The molecule has 8 amide bonds. The van der Waals surface area contributed by atoms with Crippen molar-refractivity contribution in [3.05, 3.63) is 0 Å². The van der Waals surface area contributed by atoms with Crippen LogP contribution in [0.4, 0.5) is 0 Å². The summed E-state index contributed by atoms with van der Waals surface area (Å²) in [6.07, 6.45) is -7.20. The molecule has 18 N–H and O–H groups in total. The Kier molecular flexibility index (Phi) is 39.8. The van der Waals surface area contributed by atoms with Crippen LogP contribution in [0.1, 0.15) is 168 Å². The van der Waals surface area contributed by atoms with E-state index >= 15 is 0 Å². The fourth-order valence-corrected chi connectivity index (χ4v) is 11.0. The Hall–Kier alpha value is -5.17. The van der Waals surface area contributed by atoms with Gasteiger partial charge in [0.15, 0.2) is 26.1 Å². The maximum absolute atomic E-state index is 14.3. The highest BCUT2D eigenvalue weighted by molar-refractivity contribution is 5.92. The molecule has 0 radical (unpaired) electrons. The number of unbranched alkanes of at least 4 members (excludes halogenated alkanes) is 10. The molecular weight excluding hydrogens is 1230 g/mol. The van der Waals surface area contributed by atoms with Gasteiger partial charge in [0.2, 0.25) is 47.3 Å². The van der Waals surface area contributed by atoms with Gasteiger partial charge in [0.1, 0.15) is 73.1 Å². The third kappa shape index (κ3) is 31.5. The molecule has 93 heavy (non-hydrogen) atoms. The van der Waals surface area contributed by atoms with E-state index < -0.39 is 159 Å². The molecule has 32 nitrogen and oxygen atoms in total. The van der Waals surface area contributed by atoms with E-state index in [0.717, 1.165) is 0 Å². The zero-order valence-corrected chi connectivity index (χ0v) is 54.1. The lowest BCUT2D eigenvalue weighted by Crippen LogP contribution is -2.64. The maximum atomic E-state index is 14.3. The Morgan fingerprint density at radius 3 is 1.18 bits per heavy atom. The predicted octanol–water partition coefficient (Wildman–Crippen LogP) is -3.66. The van der Waals surface area contributed by atoms with Crippen molar-refractivity contribution in [1.82, 2.24) is 37.2 Å². The number of nitrogens with one attached hydrogen (secondary N) is 7. The van der Waals surface area contributed by atoms with E-state index in [4.69, 9.17) is 29.8 Å². The average Bonchev–Trinajstić information content (AvgIpc) is 0.829. The minimum atomic E-state index is -1.49. The van der Waals surface area contributed by atoms with Crippen LogP contribution in [0.5, 0.6) is 0 Å². The molecule has 0 aromatic heterocycles. The number of amides is 8. The van der Waals surface area contributed by atoms with Crippen molar-refractivity contribution in [2.45, 2.75) is 266 Å². The number of primary amides is 1. The van der Waals surface area contributed by atoms with Gasteiger partial charge in [0.05, 0.1) is 25.9 Å². The minimum Gasteiger partial charge on any atom is -0.394 e. The highest BCUT2D eigenvalue weighted by Crippen LogP contribution is 2.26. The summed E-state index contributed by atoms with van der Waals surface area (Å²) >= 11 is 0. The Morgan fingerprint density at radius 1 is 0.441 bits per heavy atom.